The molecule has 2 N–H and O–H groups in total. The van der Waals surface area contributed by atoms with Crippen LogP contribution in [0, 0.1) is 0 Å². The molecular formula is C9H18N2O4. The van der Waals surface area contributed by atoms with E-state index in [0.717, 1.165) is 0 Å². The molecule has 0 aliphatic heterocycles. The van der Waals surface area contributed by atoms with Crippen LogP contribution in [0.25, 0.3) is 0 Å². The molecule has 6 nitrogen and oxygen atoms in total. The van der Waals surface area contributed by atoms with Crippen LogP contribution in [0.1, 0.15) is 27.2 Å². The molecule has 0 aliphatic carbocycles. The van der Waals surface area contributed by atoms with Gasteiger partial charge in [0.25, 0.3) is 0 Å². The zero-order valence-electron chi connectivity index (χ0n) is 9.55. The monoisotopic (exact) mass is 218 g/mol. The maximum absolute atomic E-state index is 11.1. The van der Waals surface area contributed by atoms with Crippen molar-refractivity contribution in [1.82, 2.24) is 10.8 Å². The largest absolute Gasteiger partial charge is 0.444 e. The number of ether oxygens (including phenoxy) is 1. The first-order valence-electron chi connectivity index (χ1n) is 4.68. The molecule has 0 aromatic carbocycles. The number of hydrogen-bond acceptors (Lipinski definition) is 5. The standard InChI is InChI=1S/C9H18N2O4/c1-9(2,3)14-8(13)11-6-5-7(12)15-10-4/h10H,5-6H2,1-4H3,(H,11,13). The third kappa shape index (κ3) is 9.01. The minimum atomic E-state index is -0.542. The topological polar surface area (TPSA) is 76.7 Å². The third-order valence-corrected chi connectivity index (χ3v) is 1.21. The van der Waals surface area contributed by atoms with Gasteiger partial charge in [0.05, 0.1) is 6.42 Å². The highest BCUT2D eigenvalue weighted by molar-refractivity contribution is 5.71. The summed E-state index contributed by atoms with van der Waals surface area (Å²) < 4.78 is 4.96. The molecule has 0 heterocycles. The molecule has 0 fully saturated rings. The summed E-state index contributed by atoms with van der Waals surface area (Å²) in [5.74, 6) is -0.437. The van der Waals surface area contributed by atoms with Gasteiger partial charge < -0.3 is 14.9 Å². The Morgan fingerprint density at radius 3 is 2.33 bits per heavy atom. The van der Waals surface area contributed by atoms with Crippen molar-refractivity contribution < 1.29 is 19.2 Å². The number of hydroxylamine groups is 1. The molecule has 15 heavy (non-hydrogen) atoms. The van der Waals surface area contributed by atoms with Gasteiger partial charge in [0.2, 0.25) is 0 Å². The van der Waals surface area contributed by atoms with Crippen molar-refractivity contribution in [1.29, 1.82) is 0 Å². The predicted octanol–water partition coefficient (Wildman–Crippen LogP) is 0.579. The van der Waals surface area contributed by atoms with Crippen molar-refractivity contribution in [3.63, 3.8) is 0 Å². The van der Waals surface area contributed by atoms with E-state index in [2.05, 4.69) is 15.6 Å². The maximum atomic E-state index is 11.1. The first-order chi connectivity index (χ1) is 6.85. The molecular weight excluding hydrogens is 200 g/mol. The summed E-state index contributed by atoms with van der Waals surface area (Å²) in [7, 11) is 1.49. The Labute approximate surface area is 89.3 Å². The number of carbonyl (C=O) groups is 2. The average molecular weight is 218 g/mol. The maximum Gasteiger partial charge on any atom is 0.407 e. The Bertz CT molecular complexity index is 223. The fraction of sp³-hybridized carbons (Fsp3) is 0.778. The van der Waals surface area contributed by atoms with E-state index in [1.807, 2.05) is 0 Å². The third-order valence-electron chi connectivity index (χ3n) is 1.21. The second-order valence-corrected chi connectivity index (χ2v) is 3.86. The quantitative estimate of drug-likeness (QED) is 0.675. The van der Waals surface area contributed by atoms with E-state index in [1.165, 1.54) is 7.05 Å². The number of alkyl carbamates (subject to hydrolysis) is 1. The SMILES string of the molecule is CNOC(=O)CCNC(=O)OC(C)(C)C. The lowest BCUT2D eigenvalue weighted by Crippen LogP contribution is -2.34. The van der Waals surface area contributed by atoms with Crippen LogP contribution in [0.2, 0.25) is 0 Å². The summed E-state index contributed by atoms with van der Waals surface area (Å²) in [6, 6.07) is 0. The summed E-state index contributed by atoms with van der Waals surface area (Å²) in [5, 5.41) is 2.44. The van der Waals surface area contributed by atoms with Gasteiger partial charge in [-0.3, -0.25) is 4.79 Å². The van der Waals surface area contributed by atoms with E-state index in [9.17, 15) is 9.59 Å². The molecule has 0 unspecified atom stereocenters. The van der Waals surface area contributed by atoms with Gasteiger partial charge in [-0.25, -0.2) is 4.79 Å². The fourth-order valence-electron chi connectivity index (χ4n) is 0.746. The number of carbonyl (C=O) groups excluding carboxylic acids is 2. The summed E-state index contributed by atoms with van der Waals surface area (Å²) in [4.78, 5) is 26.4. The van der Waals surface area contributed by atoms with Crippen molar-refractivity contribution in [2.24, 2.45) is 0 Å². The number of amides is 1. The van der Waals surface area contributed by atoms with Crippen molar-refractivity contribution >= 4 is 12.1 Å². The van der Waals surface area contributed by atoms with Crippen LogP contribution in [-0.2, 0) is 14.4 Å². The lowest BCUT2D eigenvalue weighted by Gasteiger charge is -2.19. The van der Waals surface area contributed by atoms with E-state index in [-0.39, 0.29) is 13.0 Å². The van der Waals surface area contributed by atoms with E-state index in [0.29, 0.717) is 0 Å². The molecule has 0 saturated heterocycles. The second-order valence-electron chi connectivity index (χ2n) is 3.86. The van der Waals surface area contributed by atoms with E-state index in [4.69, 9.17) is 4.74 Å². The smallest absolute Gasteiger partial charge is 0.407 e. The van der Waals surface area contributed by atoms with Gasteiger partial charge >= 0.3 is 12.1 Å². The van der Waals surface area contributed by atoms with Gasteiger partial charge in [0, 0.05) is 13.6 Å². The fourth-order valence-corrected chi connectivity index (χ4v) is 0.746. The van der Waals surface area contributed by atoms with Crippen LogP contribution in [-0.4, -0.2) is 31.3 Å². The Morgan fingerprint density at radius 1 is 1.27 bits per heavy atom. The number of hydrogen-bond donors (Lipinski definition) is 2. The van der Waals surface area contributed by atoms with Crippen LogP contribution in [0.4, 0.5) is 4.79 Å². The van der Waals surface area contributed by atoms with Gasteiger partial charge in [0.1, 0.15) is 5.60 Å². The Balaban J connectivity index is 3.60. The van der Waals surface area contributed by atoms with Crippen molar-refractivity contribution in [2.45, 2.75) is 32.8 Å². The summed E-state index contributed by atoms with van der Waals surface area (Å²) in [5.41, 5.74) is 1.72. The lowest BCUT2D eigenvalue weighted by atomic mass is 10.2. The van der Waals surface area contributed by atoms with E-state index < -0.39 is 17.7 Å². The van der Waals surface area contributed by atoms with Gasteiger partial charge in [-0.05, 0) is 20.8 Å². The molecule has 0 atom stereocenters. The molecule has 0 radical (unpaired) electrons. The number of nitrogens with one attached hydrogen (secondary N) is 2. The van der Waals surface area contributed by atoms with Gasteiger partial charge in [-0.2, -0.15) is 5.48 Å². The minimum absolute atomic E-state index is 0.0973. The van der Waals surface area contributed by atoms with Crippen LogP contribution in [0.3, 0.4) is 0 Å². The Hall–Kier alpha value is -1.30. The van der Waals surface area contributed by atoms with Crippen LogP contribution >= 0.6 is 0 Å². The molecule has 0 saturated carbocycles. The summed E-state index contributed by atoms with van der Waals surface area (Å²) >= 11 is 0. The first kappa shape index (κ1) is 13.7. The lowest BCUT2D eigenvalue weighted by molar-refractivity contribution is -0.149. The molecule has 0 aliphatic rings. The van der Waals surface area contributed by atoms with Gasteiger partial charge in [0.15, 0.2) is 0 Å². The second kappa shape index (κ2) is 6.23. The van der Waals surface area contributed by atoms with Crippen LogP contribution in [0.15, 0.2) is 0 Å². The molecule has 1 amide bonds. The molecule has 0 spiro atoms. The average Bonchev–Trinajstić information content (AvgIpc) is 2.00. The highest BCUT2D eigenvalue weighted by Gasteiger charge is 2.15. The Kier molecular flexibility index (Phi) is 5.69. The van der Waals surface area contributed by atoms with Gasteiger partial charge in [-0.15, -0.1) is 0 Å². The summed E-state index contributed by atoms with van der Waals surface area (Å²) in [6.45, 7) is 5.49. The zero-order chi connectivity index (χ0) is 11.9. The first-order valence-corrected chi connectivity index (χ1v) is 4.68. The highest BCUT2D eigenvalue weighted by Crippen LogP contribution is 2.06. The number of rotatable bonds is 4. The van der Waals surface area contributed by atoms with Crippen molar-refractivity contribution in [3.05, 3.63) is 0 Å². The molecule has 88 valence electrons. The van der Waals surface area contributed by atoms with E-state index in [1.54, 1.807) is 20.8 Å². The van der Waals surface area contributed by atoms with Gasteiger partial charge in [-0.1, -0.05) is 0 Å². The van der Waals surface area contributed by atoms with Crippen molar-refractivity contribution in [2.75, 3.05) is 13.6 Å². The van der Waals surface area contributed by atoms with Crippen molar-refractivity contribution in [3.8, 4) is 0 Å². The summed E-state index contributed by atoms with van der Waals surface area (Å²) in [6.07, 6.45) is -0.445. The van der Waals surface area contributed by atoms with Crippen LogP contribution in [0.5, 0.6) is 0 Å². The van der Waals surface area contributed by atoms with E-state index >= 15 is 0 Å². The zero-order valence-corrected chi connectivity index (χ0v) is 9.55. The minimum Gasteiger partial charge on any atom is -0.444 e. The molecule has 0 bridgehead atoms. The molecule has 0 aromatic rings. The van der Waals surface area contributed by atoms with Crippen LogP contribution < -0.4 is 10.8 Å². The molecule has 0 rings (SSSR count). The molecule has 0 aromatic heterocycles. The normalized spacial score (nSPS) is 10.7. The Morgan fingerprint density at radius 2 is 1.87 bits per heavy atom. The predicted molar refractivity (Wildman–Crippen MR) is 54.0 cm³/mol. The highest BCUT2D eigenvalue weighted by atomic mass is 16.7. The molecule has 6 heteroatoms.